The number of methoxy groups -OCH3 is 1. The Morgan fingerprint density at radius 1 is 1.14 bits per heavy atom. The van der Waals surface area contributed by atoms with E-state index < -0.39 is 5.97 Å². The lowest BCUT2D eigenvalue weighted by atomic mass is 10.2. The normalized spacial score (nSPS) is 13.1. The molecule has 2 aromatic carbocycles. The monoisotopic (exact) mass is 529 g/mol. The van der Waals surface area contributed by atoms with Crippen LogP contribution in [0.4, 0.5) is 5.13 Å². The van der Waals surface area contributed by atoms with Crippen molar-refractivity contribution >= 4 is 61.8 Å². The molecule has 0 spiro atoms. The number of H-pyrrole nitrogens is 1. The first kappa shape index (κ1) is 23.7. The Morgan fingerprint density at radius 3 is 2.51 bits per heavy atom. The van der Waals surface area contributed by atoms with Crippen molar-refractivity contribution in [1.82, 2.24) is 9.97 Å². The molecule has 1 saturated carbocycles. The molecule has 1 aliphatic rings. The third-order valence-corrected chi connectivity index (χ3v) is 7.71. The number of esters is 1. The van der Waals surface area contributed by atoms with Crippen LogP contribution in [-0.2, 0) is 11.3 Å². The molecule has 35 heavy (non-hydrogen) atoms. The molecule has 2 heterocycles. The minimum absolute atomic E-state index is 0.0513. The van der Waals surface area contributed by atoms with Gasteiger partial charge in [0.15, 0.2) is 5.13 Å². The topological polar surface area (TPSA) is 84.5 Å². The van der Waals surface area contributed by atoms with Gasteiger partial charge in [-0.25, -0.2) is 9.78 Å². The van der Waals surface area contributed by atoms with Crippen molar-refractivity contribution in [3.63, 3.8) is 0 Å². The first-order valence-electron chi connectivity index (χ1n) is 10.9. The standard InChI is InChI=1S/C25H21Cl2N3O4S/c1-13-20(26)21(27)22(28-13)23(31)30(16-6-7-16)25-29-18-10-5-15(11-19(18)35-25)24(32)34-12-14-3-8-17(33-2)9-4-14/h3-5,8-11,16,28H,6-7,12H2,1-2H3. The van der Waals surface area contributed by atoms with Crippen molar-refractivity contribution < 1.29 is 19.1 Å². The van der Waals surface area contributed by atoms with Crippen LogP contribution in [0.2, 0.25) is 10.0 Å². The molecule has 10 heteroatoms. The molecule has 5 rings (SSSR count). The highest BCUT2D eigenvalue weighted by atomic mass is 35.5. The predicted octanol–water partition coefficient (Wildman–Crippen LogP) is 6.41. The maximum atomic E-state index is 13.4. The number of carbonyl (C=O) groups excluding carboxylic acids is 2. The summed E-state index contributed by atoms with van der Waals surface area (Å²) in [6.45, 7) is 1.91. The minimum atomic E-state index is -0.434. The molecule has 0 aliphatic heterocycles. The summed E-state index contributed by atoms with van der Waals surface area (Å²) >= 11 is 13.8. The number of fused-ring (bicyclic) bond motifs is 1. The van der Waals surface area contributed by atoms with E-state index in [9.17, 15) is 9.59 Å². The number of hydrogen-bond donors (Lipinski definition) is 1. The van der Waals surface area contributed by atoms with Gasteiger partial charge in [0, 0.05) is 11.7 Å². The highest BCUT2D eigenvalue weighted by molar-refractivity contribution is 7.22. The Hall–Kier alpha value is -3.07. The van der Waals surface area contributed by atoms with Gasteiger partial charge in [-0.3, -0.25) is 9.69 Å². The Kier molecular flexibility index (Phi) is 6.44. The lowest BCUT2D eigenvalue weighted by molar-refractivity contribution is 0.0473. The summed E-state index contributed by atoms with van der Waals surface area (Å²) in [7, 11) is 1.60. The van der Waals surface area contributed by atoms with Crippen LogP contribution >= 0.6 is 34.5 Å². The second-order valence-electron chi connectivity index (χ2n) is 8.26. The predicted molar refractivity (Wildman–Crippen MR) is 137 cm³/mol. The van der Waals surface area contributed by atoms with Crippen molar-refractivity contribution in [2.45, 2.75) is 32.4 Å². The van der Waals surface area contributed by atoms with Crippen LogP contribution in [0.3, 0.4) is 0 Å². The van der Waals surface area contributed by atoms with Crippen molar-refractivity contribution in [2.75, 3.05) is 12.0 Å². The number of amides is 1. The molecule has 2 aromatic heterocycles. The highest BCUT2D eigenvalue weighted by Gasteiger charge is 2.38. The summed E-state index contributed by atoms with van der Waals surface area (Å²) in [6, 6.07) is 12.6. The van der Waals surface area contributed by atoms with Gasteiger partial charge in [0.25, 0.3) is 5.91 Å². The van der Waals surface area contributed by atoms with Gasteiger partial charge in [-0.05, 0) is 55.7 Å². The molecule has 1 amide bonds. The van der Waals surface area contributed by atoms with E-state index in [0.717, 1.165) is 28.9 Å². The van der Waals surface area contributed by atoms with E-state index in [1.165, 1.54) is 11.3 Å². The van der Waals surface area contributed by atoms with E-state index >= 15 is 0 Å². The van der Waals surface area contributed by atoms with Gasteiger partial charge in [0.05, 0.1) is 32.9 Å². The van der Waals surface area contributed by atoms with E-state index in [1.807, 2.05) is 24.3 Å². The summed E-state index contributed by atoms with van der Waals surface area (Å²) < 4.78 is 11.4. The Balaban J connectivity index is 1.36. The Morgan fingerprint density at radius 2 is 1.89 bits per heavy atom. The van der Waals surface area contributed by atoms with Crippen molar-refractivity contribution in [1.29, 1.82) is 0 Å². The molecule has 4 aromatic rings. The molecule has 0 unspecified atom stereocenters. The number of rotatable bonds is 7. The van der Waals surface area contributed by atoms with Gasteiger partial charge < -0.3 is 14.5 Å². The van der Waals surface area contributed by atoms with Crippen molar-refractivity contribution in [3.8, 4) is 5.75 Å². The first-order chi connectivity index (χ1) is 16.9. The third kappa shape index (κ3) is 4.74. The highest BCUT2D eigenvalue weighted by Crippen LogP contribution is 2.39. The molecule has 7 nitrogen and oxygen atoms in total. The fourth-order valence-electron chi connectivity index (χ4n) is 3.68. The molecule has 0 radical (unpaired) electrons. The molecule has 0 bridgehead atoms. The number of anilines is 1. The number of aromatic nitrogens is 2. The number of aromatic amines is 1. The maximum Gasteiger partial charge on any atom is 0.338 e. The zero-order chi connectivity index (χ0) is 24.7. The molecule has 0 saturated heterocycles. The second-order valence-corrected chi connectivity index (χ2v) is 10.0. The summed E-state index contributed by atoms with van der Waals surface area (Å²) in [5.74, 6) is 0.0313. The van der Waals surface area contributed by atoms with Gasteiger partial charge in [-0.2, -0.15) is 0 Å². The van der Waals surface area contributed by atoms with Gasteiger partial charge in [0.1, 0.15) is 18.1 Å². The van der Waals surface area contributed by atoms with Crippen LogP contribution in [0.1, 0.15) is 44.9 Å². The van der Waals surface area contributed by atoms with E-state index in [-0.39, 0.29) is 29.3 Å². The van der Waals surface area contributed by atoms with Gasteiger partial charge in [-0.1, -0.05) is 46.7 Å². The molecule has 1 N–H and O–H groups in total. The molecule has 1 fully saturated rings. The minimum Gasteiger partial charge on any atom is -0.497 e. The molecule has 180 valence electrons. The van der Waals surface area contributed by atoms with E-state index in [0.29, 0.717) is 26.9 Å². The van der Waals surface area contributed by atoms with Crippen LogP contribution < -0.4 is 9.64 Å². The average Bonchev–Trinajstić information content (AvgIpc) is 3.56. The van der Waals surface area contributed by atoms with Gasteiger partial charge in [-0.15, -0.1) is 0 Å². The zero-order valence-electron chi connectivity index (χ0n) is 18.9. The number of halogens is 2. The first-order valence-corrected chi connectivity index (χ1v) is 12.5. The van der Waals surface area contributed by atoms with E-state index in [2.05, 4.69) is 9.97 Å². The summed E-state index contributed by atoms with van der Waals surface area (Å²) in [4.78, 5) is 35.3. The number of thiazole rings is 1. The van der Waals surface area contributed by atoms with Crippen LogP contribution in [0.5, 0.6) is 5.75 Å². The third-order valence-electron chi connectivity index (χ3n) is 5.75. The van der Waals surface area contributed by atoms with E-state index in [4.69, 9.17) is 32.7 Å². The SMILES string of the molecule is COc1ccc(COC(=O)c2ccc3nc(N(C(=O)c4[nH]c(C)c(Cl)c4Cl)C4CC4)sc3c2)cc1. The quantitative estimate of drug-likeness (QED) is 0.279. The number of ether oxygens (including phenoxy) is 2. The Bertz CT molecular complexity index is 1430. The van der Waals surface area contributed by atoms with Crippen LogP contribution in [-0.4, -0.2) is 35.0 Å². The summed E-state index contributed by atoms with van der Waals surface area (Å²) in [6.07, 6.45) is 1.77. The van der Waals surface area contributed by atoms with Gasteiger partial charge in [0.2, 0.25) is 0 Å². The number of aryl methyl sites for hydroxylation is 1. The maximum absolute atomic E-state index is 13.4. The number of nitrogens with one attached hydrogen (secondary N) is 1. The molecular formula is C25H21Cl2N3O4S. The number of benzene rings is 2. The molecular weight excluding hydrogens is 509 g/mol. The van der Waals surface area contributed by atoms with Gasteiger partial charge >= 0.3 is 5.97 Å². The van der Waals surface area contributed by atoms with Crippen LogP contribution in [0.25, 0.3) is 10.2 Å². The Labute approximate surface area is 215 Å². The smallest absolute Gasteiger partial charge is 0.338 e. The number of carbonyl (C=O) groups is 2. The lowest BCUT2D eigenvalue weighted by Crippen LogP contribution is -2.33. The van der Waals surface area contributed by atoms with E-state index in [1.54, 1.807) is 37.1 Å². The van der Waals surface area contributed by atoms with Crippen LogP contribution in [0, 0.1) is 6.92 Å². The fourth-order valence-corrected chi connectivity index (χ4v) is 5.16. The fraction of sp³-hybridized carbons (Fsp3) is 0.240. The van der Waals surface area contributed by atoms with Crippen LogP contribution in [0.15, 0.2) is 42.5 Å². The summed E-state index contributed by atoms with van der Waals surface area (Å²) in [5.41, 5.74) is 2.86. The van der Waals surface area contributed by atoms with Crippen molar-refractivity contribution in [3.05, 3.63) is 75.0 Å². The molecule has 0 atom stereocenters. The second kappa shape index (κ2) is 9.53. The summed E-state index contributed by atoms with van der Waals surface area (Å²) in [5, 5.41) is 1.10. The largest absolute Gasteiger partial charge is 0.497 e. The van der Waals surface area contributed by atoms with Crippen molar-refractivity contribution in [2.24, 2.45) is 0 Å². The number of hydrogen-bond acceptors (Lipinski definition) is 6. The lowest BCUT2D eigenvalue weighted by Gasteiger charge is -2.18. The molecule has 1 aliphatic carbocycles. The zero-order valence-corrected chi connectivity index (χ0v) is 21.3. The number of nitrogens with zero attached hydrogens (tertiary/aromatic N) is 2. The average molecular weight is 530 g/mol.